The van der Waals surface area contributed by atoms with Gasteiger partial charge in [0, 0.05) is 11.8 Å². The third-order valence-electron chi connectivity index (χ3n) is 10.8. The van der Waals surface area contributed by atoms with Gasteiger partial charge in [0.1, 0.15) is 5.78 Å². The number of hydrogen-bond donors (Lipinski definition) is 0. The maximum atomic E-state index is 12.7. The van der Waals surface area contributed by atoms with Gasteiger partial charge in [-0.2, -0.15) is 0 Å². The highest BCUT2D eigenvalue weighted by Crippen LogP contribution is 2.64. The van der Waals surface area contributed by atoms with Crippen molar-refractivity contribution in [2.45, 2.75) is 129 Å². The van der Waals surface area contributed by atoms with Gasteiger partial charge in [-0.1, -0.05) is 67.0 Å². The molecule has 0 aromatic carbocycles. The van der Waals surface area contributed by atoms with E-state index in [-0.39, 0.29) is 5.41 Å². The third-order valence-corrected chi connectivity index (χ3v) is 17.0. The van der Waals surface area contributed by atoms with Crippen LogP contribution in [0.1, 0.15) is 107 Å². The molecule has 3 fully saturated rings. The molecular formula is C28H48O2Si. The first-order chi connectivity index (χ1) is 14.5. The van der Waals surface area contributed by atoms with E-state index in [0.29, 0.717) is 39.8 Å². The molecule has 4 aliphatic carbocycles. The Balaban J connectivity index is 1.58. The normalized spacial score (nSPS) is 40.7. The molecule has 176 valence electrons. The topological polar surface area (TPSA) is 26.3 Å². The smallest absolute Gasteiger partial charge is 0.201 e. The van der Waals surface area contributed by atoms with Crippen molar-refractivity contribution < 1.29 is 9.22 Å². The number of ketones is 1. The summed E-state index contributed by atoms with van der Waals surface area (Å²) in [6.07, 6.45) is 12.3. The average Bonchev–Trinajstić information content (AvgIpc) is 3.00. The van der Waals surface area contributed by atoms with E-state index >= 15 is 0 Å². The lowest BCUT2D eigenvalue weighted by Gasteiger charge is -2.58. The summed E-state index contributed by atoms with van der Waals surface area (Å²) in [7, 11) is -1.85. The van der Waals surface area contributed by atoms with E-state index in [9.17, 15) is 4.79 Å². The van der Waals surface area contributed by atoms with Crippen LogP contribution in [-0.2, 0) is 9.22 Å². The maximum Gasteiger partial charge on any atom is 0.201 e. The van der Waals surface area contributed by atoms with Crippen LogP contribution in [0.2, 0.25) is 16.6 Å². The van der Waals surface area contributed by atoms with Gasteiger partial charge < -0.3 is 4.43 Å². The Morgan fingerprint density at radius 1 is 0.839 bits per heavy atom. The molecule has 0 aromatic heterocycles. The van der Waals surface area contributed by atoms with Gasteiger partial charge in [0.15, 0.2) is 0 Å². The van der Waals surface area contributed by atoms with Crippen molar-refractivity contribution >= 4 is 14.1 Å². The first-order valence-corrected chi connectivity index (χ1v) is 15.5. The molecule has 4 rings (SSSR count). The summed E-state index contributed by atoms with van der Waals surface area (Å²) in [6, 6.07) is 0. The van der Waals surface area contributed by atoms with Gasteiger partial charge in [0.2, 0.25) is 8.32 Å². The maximum absolute atomic E-state index is 12.7. The first-order valence-electron chi connectivity index (χ1n) is 13.4. The van der Waals surface area contributed by atoms with E-state index in [1.54, 1.807) is 5.57 Å². The zero-order valence-corrected chi connectivity index (χ0v) is 22.6. The minimum atomic E-state index is -1.85. The van der Waals surface area contributed by atoms with Crippen LogP contribution in [0.15, 0.2) is 11.6 Å². The number of rotatable bonds is 5. The van der Waals surface area contributed by atoms with Gasteiger partial charge in [-0.15, -0.1) is 0 Å². The molecule has 2 nitrogen and oxygen atoms in total. The molecule has 0 amide bonds. The van der Waals surface area contributed by atoms with Crippen molar-refractivity contribution in [2.24, 2.45) is 28.6 Å². The Labute approximate surface area is 193 Å². The van der Waals surface area contributed by atoms with Crippen LogP contribution in [0.3, 0.4) is 0 Å². The Bertz CT molecular complexity index is 716. The Morgan fingerprint density at radius 2 is 1.42 bits per heavy atom. The molecule has 0 bridgehead atoms. The average molecular weight is 445 g/mol. The summed E-state index contributed by atoms with van der Waals surface area (Å²) in [5.41, 5.74) is 3.98. The lowest BCUT2D eigenvalue weighted by Crippen LogP contribution is -2.53. The second-order valence-corrected chi connectivity index (χ2v) is 18.4. The molecule has 0 aromatic rings. The van der Waals surface area contributed by atoms with E-state index in [2.05, 4.69) is 61.5 Å². The standard InChI is InChI=1S/C28H48O2Si/c1-18(2)31(19(3)4,20(5)6)30-22-13-15-27(7)21(17-22)9-10-23-24-11-12-26(29)28(24,8)16-14-25(23)27/h17-20,22-25H,9-16H2,1-8H3/t22-,23-,24-,25-,27-,28-/m0/s1. The van der Waals surface area contributed by atoms with Crippen LogP contribution in [0.25, 0.3) is 0 Å². The van der Waals surface area contributed by atoms with Crippen molar-refractivity contribution in [1.29, 1.82) is 0 Å². The number of carbonyl (C=O) groups is 1. The molecular weight excluding hydrogens is 396 g/mol. The minimum absolute atomic E-state index is 0.00392. The Kier molecular flexibility index (Phi) is 6.21. The summed E-state index contributed by atoms with van der Waals surface area (Å²) < 4.78 is 7.21. The molecule has 3 heteroatoms. The highest BCUT2D eigenvalue weighted by atomic mass is 28.4. The SMILES string of the molecule is CC(C)[Si](O[C@@H]1C=C2CC[C@@H]3[C@H](CC[C@]4(C)C(=O)CC[C@@H]34)[C@@]2(C)CC1)(C(C)C)C(C)C. The fourth-order valence-electron chi connectivity index (χ4n) is 9.23. The van der Waals surface area contributed by atoms with E-state index < -0.39 is 8.32 Å². The summed E-state index contributed by atoms with van der Waals surface area (Å²) in [5.74, 6) is 2.76. The minimum Gasteiger partial charge on any atom is -0.410 e. The van der Waals surface area contributed by atoms with E-state index in [1.165, 1.54) is 32.1 Å². The predicted molar refractivity (Wildman–Crippen MR) is 133 cm³/mol. The molecule has 0 spiro atoms. The van der Waals surface area contributed by atoms with E-state index in [0.717, 1.165) is 31.1 Å². The molecule has 0 aliphatic heterocycles. The highest BCUT2D eigenvalue weighted by Gasteiger charge is 2.59. The quantitative estimate of drug-likeness (QED) is 0.316. The molecule has 0 unspecified atom stereocenters. The predicted octanol–water partition coefficient (Wildman–Crippen LogP) is 8.08. The number of allylic oxidation sites excluding steroid dienone is 1. The first kappa shape index (κ1) is 23.7. The molecule has 0 heterocycles. The van der Waals surface area contributed by atoms with Crippen molar-refractivity contribution in [1.82, 2.24) is 0 Å². The monoisotopic (exact) mass is 444 g/mol. The lowest BCUT2D eigenvalue weighted by molar-refractivity contribution is -0.132. The number of fused-ring (bicyclic) bond motifs is 5. The lowest BCUT2D eigenvalue weighted by atomic mass is 9.47. The third kappa shape index (κ3) is 3.47. The van der Waals surface area contributed by atoms with E-state index in [4.69, 9.17) is 4.43 Å². The Hall–Kier alpha value is -0.413. The summed E-state index contributed by atoms with van der Waals surface area (Å²) in [6.45, 7) is 19.3. The van der Waals surface area contributed by atoms with Crippen LogP contribution in [0, 0.1) is 28.6 Å². The zero-order chi connectivity index (χ0) is 22.8. The van der Waals surface area contributed by atoms with Crippen molar-refractivity contribution in [3.63, 3.8) is 0 Å². The fraction of sp³-hybridized carbons (Fsp3) is 0.893. The fourth-order valence-corrected chi connectivity index (χ4v) is 14.8. The van der Waals surface area contributed by atoms with Crippen molar-refractivity contribution in [2.75, 3.05) is 0 Å². The van der Waals surface area contributed by atoms with Crippen LogP contribution >= 0.6 is 0 Å². The molecule has 6 atom stereocenters. The second kappa shape index (κ2) is 8.11. The van der Waals surface area contributed by atoms with Crippen LogP contribution in [0.5, 0.6) is 0 Å². The number of hydrogen-bond acceptors (Lipinski definition) is 2. The van der Waals surface area contributed by atoms with Crippen LogP contribution in [-0.4, -0.2) is 20.2 Å². The molecule has 0 N–H and O–H groups in total. The largest absolute Gasteiger partial charge is 0.410 e. The number of carbonyl (C=O) groups excluding carboxylic acids is 1. The summed E-state index contributed by atoms with van der Waals surface area (Å²) in [4.78, 5) is 12.7. The van der Waals surface area contributed by atoms with Gasteiger partial charge in [0.25, 0.3) is 0 Å². The van der Waals surface area contributed by atoms with Gasteiger partial charge in [-0.05, 0) is 84.7 Å². The molecule has 3 saturated carbocycles. The molecule has 4 aliphatic rings. The molecule has 0 radical (unpaired) electrons. The Morgan fingerprint density at radius 3 is 2.03 bits per heavy atom. The number of Topliss-reactive ketones (excluding diaryl/α,β-unsaturated/α-hetero) is 1. The van der Waals surface area contributed by atoms with Crippen LogP contribution < -0.4 is 0 Å². The van der Waals surface area contributed by atoms with Crippen LogP contribution in [0.4, 0.5) is 0 Å². The summed E-state index contributed by atoms with van der Waals surface area (Å²) in [5, 5.41) is 0. The second-order valence-electron chi connectivity index (χ2n) is 13.0. The summed E-state index contributed by atoms with van der Waals surface area (Å²) >= 11 is 0. The van der Waals surface area contributed by atoms with Gasteiger partial charge in [-0.3, -0.25) is 4.79 Å². The van der Waals surface area contributed by atoms with Gasteiger partial charge >= 0.3 is 0 Å². The van der Waals surface area contributed by atoms with E-state index in [1.807, 2.05) is 0 Å². The molecule has 31 heavy (non-hydrogen) atoms. The van der Waals surface area contributed by atoms with Gasteiger partial charge in [-0.25, -0.2) is 0 Å². The highest BCUT2D eigenvalue weighted by molar-refractivity contribution is 6.77. The zero-order valence-electron chi connectivity index (χ0n) is 21.6. The van der Waals surface area contributed by atoms with Gasteiger partial charge in [0.05, 0.1) is 6.10 Å². The van der Waals surface area contributed by atoms with Crippen molar-refractivity contribution in [3.05, 3.63) is 11.6 Å². The molecule has 0 saturated heterocycles. The van der Waals surface area contributed by atoms with Crippen molar-refractivity contribution in [3.8, 4) is 0 Å².